The van der Waals surface area contributed by atoms with Crippen molar-refractivity contribution in [1.82, 2.24) is 0 Å². The van der Waals surface area contributed by atoms with Crippen molar-refractivity contribution in [2.75, 3.05) is 0 Å². The fraction of sp³-hybridized carbons (Fsp3) is 0.333. The Morgan fingerprint density at radius 1 is 0.600 bits per heavy atom. The predicted octanol–water partition coefficient (Wildman–Crippen LogP) is 9.53. The van der Waals surface area contributed by atoms with E-state index in [0.717, 1.165) is 28.7 Å². The van der Waals surface area contributed by atoms with Crippen LogP contribution in [0.1, 0.15) is 124 Å². The molecule has 4 aromatic carbocycles. The van der Waals surface area contributed by atoms with E-state index in [1.165, 1.54) is 44.2 Å². The van der Waals surface area contributed by atoms with Crippen LogP contribution in [0.3, 0.4) is 0 Å². The van der Waals surface area contributed by atoms with E-state index in [-0.39, 0.29) is 0 Å². The molecule has 1 heterocycles. The Hall–Kier alpha value is -3.58. The van der Waals surface area contributed by atoms with Gasteiger partial charge in [0.25, 0.3) is 0 Å². The Kier molecular flexibility index (Phi) is 8.04. The number of rotatable bonds is 7. The summed E-state index contributed by atoms with van der Waals surface area (Å²) in [5.74, 6) is 3.80. The van der Waals surface area contributed by atoms with E-state index in [9.17, 15) is 0 Å². The standard InChI is InChI=1S/C39H44O/c1-24(2)32-11-9-12-33(25(3)4)36(32)19-28-15-17-30-23-31-18-16-29(22-39(31)40-38(30)21-28)20-37-34(26(5)6)13-10-14-35(37)27(7)8/h9-19,21-27H,20H2,1-8H3/b28-19+. The molecular weight excluding hydrogens is 484 g/mol. The highest BCUT2D eigenvalue weighted by atomic mass is 16.5. The SMILES string of the molecule is CC(C)c1cccc(C(C)C)c1/C=c1\ccc2c(c1)Oc1cc(Cc3c(C(C)C)cccc3C(C)C)ccc1C=2. The Morgan fingerprint density at radius 2 is 1.18 bits per heavy atom. The molecule has 1 aliphatic heterocycles. The molecule has 0 fully saturated rings. The molecule has 206 valence electrons. The molecule has 0 radical (unpaired) electrons. The van der Waals surface area contributed by atoms with Crippen LogP contribution >= 0.6 is 0 Å². The molecule has 1 aliphatic rings. The second kappa shape index (κ2) is 11.5. The molecule has 0 saturated carbocycles. The van der Waals surface area contributed by atoms with Gasteiger partial charge in [0.15, 0.2) is 0 Å². The van der Waals surface area contributed by atoms with Crippen LogP contribution in [0.2, 0.25) is 0 Å². The summed E-state index contributed by atoms with van der Waals surface area (Å²) in [5, 5.41) is 2.31. The average Bonchev–Trinajstić information content (AvgIpc) is 2.91. The third-order valence-electron chi connectivity index (χ3n) is 8.25. The van der Waals surface area contributed by atoms with Crippen molar-refractivity contribution in [3.63, 3.8) is 0 Å². The number of ether oxygens (including phenoxy) is 1. The lowest BCUT2D eigenvalue weighted by Crippen LogP contribution is -2.16. The lowest BCUT2D eigenvalue weighted by Gasteiger charge is -2.21. The second-order valence-electron chi connectivity index (χ2n) is 12.6. The van der Waals surface area contributed by atoms with Gasteiger partial charge in [-0.3, -0.25) is 0 Å². The number of hydrogen-bond donors (Lipinski definition) is 0. The van der Waals surface area contributed by atoms with E-state index in [2.05, 4.69) is 140 Å². The molecule has 0 atom stereocenters. The molecular formula is C39H44O. The van der Waals surface area contributed by atoms with Crippen LogP contribution in [-0.4, -0.2) is 0 Å². The Morgan fingerprint density at radius 3 is 1.75 bits per heavy atom. The van der Waals surface area contributed by atoms with Crippen LogP contribution in [-0.2, 0) is 6.42 Å². The average molecular weight is 529 g/mol. The molecule has 0 unspecified atom stereocenters. The summed E-state index contributed by atoms with van der Waals surface area (Å²) in [4.78, 5) is 0. The van der Waals surface area contributed by atoms with Crippen molar-refractivity contribution in [2.45, 2.75) is 85.5 Å². The highest BCUT2D eigenvalue weighted by molar-refractivity contribution is 5.65. The lowest BCUT2D eigenvalue weighted by atomic mass is 9.85. The molecule has 0 amide bonds. The third-order valence-corrected chi connectivity index (χ3v) is 8.25. The first-order valence-electron chi connectivity index (χ1n) is 15.0. The maximum Gasteiger partial charge on any atom is 0.135 e. The Bertz CT molecular complexity index is 1600. The van der Waals surface area contributed by atoms with Gasteiger partial charge in [-0.15, -0.1) is 0 Å². The van der Waals surface area contributed by atoms with Crippen LogP contribution in [0.15, 0.2) is 72.8 Å². The van der Waals surface area contributed by atoms with E-state index in [1.54, 1.807) is 0 Å². The maximum atomic E-state index is 6.59. The van der Waals surface area contributed by atoms with Gasteiger partial charge in [-0.05, 0) is 98.5 Å². The minimum absolute atomic E-state index is 0.467. The fourth-order valence-electron chi connectivity index (χ4n) is 6.09. The lowest BCUT2D eigenvalue weighted by molar-refractivity contribution is 0.472. The van der Waals surface area contributed by atoms with E-state index in [1.807, 2.05) is 0 Å². The van der Waals surface area contributed by atoms with Gasteiger partial charge in [0, 0.05) is 10.8 Å². The zero-order chi connectivity index (χ0) is 28.6. The van der Waals surface area contributed by atoms with Crippen LogP contribution < -0.4 is 15.2 Å². The Labute approximate surface area is 241 Å². The van der Waals surface area contributed by atoms with Gasteiger partial charge in [-0.25, -0.2) is 0 Å². The molecule has 0 N–H and O–H groups in total. The van der Waals surface area contributed by atoms with E-state index in [4.69, 9.17) is 4.74 Å². The number of hydrogen-bond acceptors (Lipinski definition) is 1. The van der Waals surface area contributed by atoms with Gasteiger partial charge in [-0.2, -0.15) is 0 Å². The van der Waals surface area contributed by atoms with Crippen LogP contribution in [0.5, 0.6) is 11.5 Å². The molecule has 0 aromatic heterocycles. The first-order valence-corrected chi connectivity index (χ1v) is 15.0. The monoisotopic (exact) mass is 528 g/mol. The topological polar surface area (TPSA) is 9.23 Å². The highest BCUT2D eigenvalue weighted by Gasteiger charge is 2.17. The number of benzene rings is 4. The van der Waals surface area contributed by atoms with Crippen LogP contribution in [0.4, 0.5) is 0 Å². The van der Waals surface area contributed by atoms with Gasteiger partial charge in [0.1, 0.15) is 11.5 Å². The van der Waals surface area contributed by atoms with Crippen molar-refractivity contribution >= 4 is 12.2 Å². The summed E-state index contributed by atoms with van der Waals surface area (Å²) in [5.41, 5.74) is 10.9. The minimum Gasteiger partial charge on any atom is -0.456 e. The molecule has 4 aromatic rings. The van der Waals surface area contributed by atoms with E-state index < -0.39 is 0 Å². The van der Waals surface area contributed by atoms with Gasteiger partial charge >= 0.3 is 0 Å². The molecule has 5 rings (SSSR count). The smallest absolute Gasteiger partial charge is 0.135 e. The maximum absolute atomic E-state index is 6.59. The zero-order valence-corrected chi connectivity index (χ0v) is 25.5. The summed E-state index contributed by atoms with van der Waals surface area (Å²) < 4.78 is 6.59. The zero-order valence-electron chi connectivity index (χ0n) is 25.5. The Balaban J connectivity index is 1.52. The highest BCUT2D eigenvalue weighted by Crippen LogP contribution is 2.33. The van der Waals surface area contributed by atoms with Crippen molar-refractivity contribution in [3.05, 3.63) is 128 Å². The van der Waals surface area contributed by atoms with Crippen molar-refractivity contribution in [2.24, 2.45) is 0 Å². The minimum atomic E-state index is 0.467. The summed E-state index contributed by atoms with van der Waals surface area (Å²) in [6.07, 6.45) is 5.52. The molecule has 1 nitrogen and oxygen atoms in total. The third kappa shape index (κ3) is 5.66. The fourth-order valence-corrected chi connectivity index (χ4v) is 6.09. The van der Waals surface area contributed by atoms with Gasteiger partial charge in [0.2, 0.25) is 0 Å². The molecule has 0 saturated heterocycles. The van der Waals surface area contributed by atoms with Crippen LogP contribution in [0.25, 0.3) is 12.2 Å². The first kappa shape index (κ1) is 28.0. The van der Waals surface area contributed by atoms with Gasteiger partial charge < -0.3 is 4.74 Å². The van der Waals surface area contributed by atoms with E-state index in [0.29, 0.717) is 23.7 Å². The quantitative estimate of drug-likeness (QED) is 0.204. The van der Waals surface area contributed by atoms with Crippen molar-refractivity contribution in [3.8, 4) is 11.5 Å². The van der Waals surface area contributed by atoms with E-state index >= 15 is 0 Å². The predicted molar refractivity (Wildman–Crippen MR) is 171 cm³/mol. The largest absolute Gasteiger partial charge is 0.456 e. The summed E-state index contributed by atoms with van der Waals surface area (Å²) in [7, 11) is 0. The van der Waals surface area contributed by atoms with Crippen molar-refractivity contribution in [1.29, 1.82) is 0 Å². The summed E-state index contributed by atoms with van der Waals surface area (Å²) >= 11 is 0. The molecule has 1 heteroatoms. The summed E-state index contributed by atoms with van der Waals surface area (Å²) in [6, 6.07) is 26.9. The van der Waals surface area contributed by atoms with Crippen LogP contribution in [0, 0.1) is 0 Å². The molecule has 40 heavy (non-hydrogen) atoms. The number of fused-ring (bicyclic) bond motifs is 2. The second-order valence-corrected chi connectivity index (χ2v) is 12.6. The first-order chi connectivity index (χ1) is 19.1. The van der Waals surface area contributed by atoms with Gasteiger partial charge in [-0.1, -0.05) is 116 Å². The van der Waals surface area contributed by atoms with Crippen molar-refractivity contribution < 1.29 is 4.74 Å². The molecule has 0 bridgehead atoms. The normalized spacial score (nSPS) is 13.1. The summed E-state index contributed by atoms with van der Waals surface area (Å²) in [6.45, 7) is 18.3. The molecule has 0 aliphatic carbocycles. The molecule has 0 spiro atoms. The van der Waals surface area contributed by atoms with Gasteiger partial charge in [0.05, 0.1) is 0 Å².